The summed E-state index contributed by atoms with van der Waals surface area (Å²) in [5.74, 6) is 0.229. The number of hydrogen-bond acceptors (Lipinski definition) is 5. The molecule has 1 aromatic carbocycles. The zero-order chi connectivity index (χ0) is 13.4. The van der Waals surface area contributed by atoms with Crippen LogP contribution in [0.2, 0.25) is 5.02 Å². The van der Waals surface area contributed by atoms with E-state index in [0.29, 0.717) is 11.5 Å². The minimum atomic E-state index is -0.491. The third-order valence-electron chi connectivity index (χ3n) is 2.52. The van der Waals surface area contributed by atoms with E-state index in [1.54, 1.807) is 6.07 Å². The number of nitrogens with two attached hydrogens (primary N) is 1. The first-order chi connectivity index (χ1) is 9.13. The van der Waals surface area contributed by atoms with Crippen molar-refractivity contribution in [2.24, 2.45) is 0 Å². The molecule has 0 atom stereocenters. The zero-order valence-electron chi connectivity index (χ0n) is 9.52. The summed E-state index contributed by atoms with van der Waals surface area (Å²) in [7, 11) is 0. The maximum atomic E-state index is 13.4. The molecule has 3 N–H and O–H groups in total. The van der Waals surface area contributed by atoms with Gasteiger partial charge in [0.1, 0.15) is 16.5 Å². The highest BCUT2D eigenvalue weighted by Crippen LogP contribution is 2.29. The molecule has 0 aliphatic carbocycles. The fourth-order valence-corrected chi connectivity index (χ4v) is 2.57. The largest absolute Gasteiger partial charge is 0.368 e. The number of fused-ring (bicyclic) bond motifs is 1. The van der Waals surface area contributed by atoms with Crippen molar-refractivity contribution < 1.29 is 4.39 Å². The topological polar surface area (TPSA) is 63.8 Å². The lowest BCUT2D eigenvalue weighted by Gasteiger charge is -2.08. The lowest BCUT2D eigenvalue weighted by atomic mass is 10.3. The molecule has 0 aliphatic heterocycles. The molecule has 19 heavy (non-hydrogen) atoms. The van der Waals surface area contributed by atoms with Crippen LogP contribution < -0.4 is 11.1 Å². The summed E-state index contributed by atoms with van der Waals surface area (Å²) < 4.78 is 13.4. The van der Waals surface area contributed by atoms with Crippen molar-refractivity contribution in [2.75, 3.05) is 11.1 Å². The van der Waals surface area contributed by atoms with Gasteiger partial charge in [0, 0.05) is 5.69 Å². The molecule has 0 amide bonds. The van der Waals surface area contributed by atoms with E-state index in [0.717, 1.165) is 10.2 Å². The quantitative estimate of drug-likeness (QED) is 0.754. The summed E-state index contributed by atoms with van der Waals surface area (Å²) >= 11 is 7.11. The van der Waals surface area contributed by atoms with Crippen LogP contribution in [0.15, 0.2) is 29.6 Å². The number of hydrogen-bond donors (Lipinski definition) is 2. The highest BCUT2D eigenvalue weighted by atomic mass is 35.5. The number of rotatable bonds is 2. The van der Waals surface area contributed by atoms with E-state index in [1.807, 2.05) is 11.4 Å². The molecule has 0 bridgehead atoms. The molecule has 4 nitrogen and oxygen atoms in total. The van der Waals surface area contributed by atoms with Crippen molar-refractivity contribution in [3.8, 4) is 0 Å². The van der Waals surface area contributed by atoms with E-state index < -0.39 is 5.82 Å². The number of benzene rings is 1. The molecule has 0 fully saturated rings. The van der Waals surface area contributed by atoms with Gasteiger partial charge in [-0.05, 0) is 29.6 Å². The van der Waals surface area contributed by atoms with E-state index in [2.05, 4.69) is 15.3 Å². The Morgan fingerprint density at radius 2 is 2.11 bits per heavy atom. The minimum Gasteiger partial charge on any atom is -0.368 e. The van der Waals surface area contributed by atoms with Crippen LogP contribution >= 0.6 is 22.9 Å². The average molecular weight is 295 g/mol. The zero-order valence-corrected chi connectivity index (χ0v) is 11.1. The fraction of sp³-hybridized carbons (Fsp3) is 0. The van der Waals surface area contributed by atoms with E-state index >= 15 is 0 Å². The molecule has 7 heteroatoms. The van der Waals surface area contributed by atoms with Gasteiger partial charge in [0.15, 0.2) is 0 Å². The summed E-state index contributed by atoms with van der Waals surface area (Å²) in [4.78, 5) is 9.03. The van der Waals surface area contributed by atoms with Crippen LogP contribution in [0.5, 0.6) is 0 Å². The second kappa shape index (κ2) is 4.64. The smallest absolute Gasteiger partial charge is 0.223 e. The van der Waals surface area contributed by atoms with Gasteiger partial charge >= 0.3 is 0 Å². The average Bonchev–Trinajstić information content (AvgIpc) is 2.82. The van der Waals surface area contributed by atoms with Crippen molar-refractivity contribution >= 4 is 50.6 Å². The number of halogens is 2. The number of aromatic nitrogens is 2. The van der Waals surface area contributed by atoms with Gasteiger partial charge in [-0.2, -0.15) is 4.98 Å². The van der Waals surface area contributed by atoms with E-state index in [4.69, 9.17) is 17.3 Å². The Hall–Kier alpha value is -1.92. The number of anilines is 3. The standard InChI is InChI=1S/C12H8ClFN4S/c13-8-2-1-6(5-9(8)14)16-10-7-3-4-19-11(7)18-12(15)17-10/h1-5H,(H3,15,16,17,18). The summed E-state index contributed by atoms with van der Waals surface area (Å²) in [6.07, 6.45) is 0. The van der Waals surface area contributed by atoms with Gasteiger partial charge in [-0.15, -0.1) is 11.3 Å². The third kappa shape index (κ3) is 2.32. The first kappa shape index (κ1) is 12.1. The molecule has 0 aliphatic rings. The fourth-order valence-electron chi connectivity index (χ4n) is 1.68. The van der Waals surface area contributed by atoms with Crippen LogP contribution in [0, 0.1) is 5.82 Å². The van der Waals surface area contributed by atoms with Gasteiger partial charge in [0.2, 0.25) is 5.95 Å². The maximum absolute atomic E-state index is 13.4. The van der Waals surface area contributed by atoms with E-state index in [-0.39, 0.29) is 11.0 Å². The number of nitrogens with zero attached hydrogens (tertiary/aromatic N) is 2. The Balaban J connectivity index is 2.04. The summed E-state index contributed by atoms with van der Waals surface area (Å²) in [6.45, 7) is 0. The SMILES string of the molecule is Nc1nc(Nc2ccc(Cl)c(F)c2)c2ccsc2n1. The van der Waals surface area contributed by atoms with Gasteiger partial charge in [-0.3, -0.25) is 0 Å². The van der Waals surface area contributed by atoms with Crippen LogP contribution in [0.4, 0.5) is 21.8 Å². The van der Waals surface area contributed by atoms with Gasteiger partial charge in [0.05, 0.1) is 10.4 Å². The highest BCUT2D eigenvalue weighted by molar-refractivity contribution is 7.16. The molecule has 3 rings (SSSR count). The third-order valence-corrected chi connectivity index (χ3v) is 3.64. The minimum absolute atomic E-state index is 0.0773. The second-order valence-corrected chi connectivity index (χ2v) is 5.13. The monoisotopic (exact) mass is 294 g/mol. The molecule has 2 heterocycles. The van der Waals surface area contributed by atoms with Gasteiger partial charge < -0.3 is 11.1 Å². The Morgan fingerprint density at radius 1 is 1.26 bits per heavy atom. The highest BCUT2D eigenvalue weighted by Gasteiger charge is 2.08. The van der Waals surface area contributed by atoms with E-state index in [9.17, 15) is 4.39 Å². The molecular weight excluding hydrogens is 287 g/mol. The van der Waals surface area contributed by atoms with Gasteiger partial charge in [-0.25, -0.2) is 9.37 Å². The van der Waals surface area contributed by atoms with Gasteiger partial charge in [0.25, 0.3) is 0 Å². The predicted octanol–water partition coefficient (Wildman–Crippen LogP) is 3.81. The second-order valence-electron chi connectivity index (χ2n) is 3.82. The number of nitrogens with one attached hydrogen (secondary N) is 1. The number of nitrogen functional groups attached to an aromatic ring is 1. The Kier molecular flexibility index (Phi) is 2.96. The molecule has 0 saturated carbocycles. The van der Waals surface area contributed by atoms with Crippen LogP contribution in [0.25, 0.3) is 10.2 Å². The first-order valence-corrected chi connectivity index (χ1v) is 6.62. The Morgan fingerprint density at radius 3 is 2.89 bits per heavy atom. The molecule has 0 saturated heterocycles. The van der Waals surface area contributed by atoms with Crippen molar-refractivity contribution in [3.05, 3.63) is 40.5 Å². The molecule has 96 valence electrons. The molecule has 2 aromatic heterocycles. The lowest BCUT2D eigenvalue weighted by Crippen LogP contribution is -2.00. The van der Waals surface area contributed by atoms with Crippen molar-refractivity contribution in [2.45, 2.75) is 0 Å². The number of thiophene rings is 1. The normalized spacial score (nSPS) is 10.8. The molecule has 0 spiro atoms. The van der Waals surface area contributed by atoms with Crippen LogP contribution in [-0.4, -0.2) is 9.97 Å². The van der Waals surface area contributed by atoms with E-state index in [1.165, 1.54) is 23.5 Å². The molecule has 3 aromatic rings. The van der Waals surface area contributed by atoms with Crippen LogP contribution in [-0.2, 0) is 0 Å². The molecular formula is C12H8ClFN4S. The molecule has 0 unspecified atom stereocenters. The summed E-state index contributed by atoms with van der Waals surface area (Å²) in [5.41, 5.74) is 6.19. The van der Waals surface area contributed by atoms with Crippen LogP contribution in [0.3, 0.4) is 0 Å². The predicted molar refractivity (Wildman–Crippen MR) is 76.5 cm³/mol. The van der Waals surface area contributed by atoms with Crippen LogP contribution in [0.1, 0.15) is 0 Å². The summed E-state index contributed by atoms with van der Waals surface area (Å²) in [6, 6.07) is 6.34. The Bertz CT molecular complexity index is 759. The summed E-state index contributed by atoms with van der Waals surface area (Å²) in [5, 5.41) is 5.83. The van der Waals surface area contributed by atoms with Crippen molar-refractivity contribution in [3.63, 3.8) is 0 Å². The molecule has 0 radical (unpaired) electrons. The Labute approximate surface area is 117 Å². The lowest BCUT2D eigenvalue weighted by molar-refractivity contribution is 0.629. The first-order valence-electron chi connectivity index (χ1n) is 5.36. The van der Waals surface area contributed by atoms with Gasteiger partial charge in [-0.1, -0.05) is 11.6 Å². The maximum Gasteiger partial charge on any atom is 0.223 e. The van der Waals surface area contributed by atoms with Crippen molar-refractivity contribution in [1.29, 1.82) is 0 Å². The van der Waals surface area contributed by atoms with Crippen molar-refractivity contribution in [1.82, 2.24) is 9.97 Å².